The minimum absolute atomic E-state index is 0.0361. The van der Waals surface area contributed by atoms with Crippen LogP contribution in [0.5, 0.6) is 0 Å². The van der Waals surface area contributed by atoms with Crippen LogP contribution in [0.1, 0.15) is 32.6 Å². The lowest BCUT2D eigenvalue weighted by molar-refractivity contribution is 0.0713. The predicted octanol–water partition coefficient (Wildman–Crippen LogP) is 0.920. The van der Waals surface area contributed by atoms with Crippen LogP contribution in [0.4, 0.5) is 0 Å². The van der Waals surface area contributed by atoms with Gasteiger partial charge in [-0.05, 0) is 31.6 Å². The first-order valence-corrected chi connectivity index (χ1v) is 7.60. The number of ether oxygens (including phenoxy) is 1. The Hall–Kier alpha value is -0.170. The fraction of sp³-hybridized carbons (Fsp3) is 1.00. The van der Waals surface area contributed by atoms with Gasteiger partial charge in [0.25, 0.3) is 10.1 Å². The van der Waals surface area contributed by atoms with E-state index in [2.05, 4.69) is 6.92 Å². The molecule has 1 rings (SSSR count). The molecule has 102 valence electrons. The predicted molar refractivity (Wildman–Crippen MR) is 64.2 cm³/mol. The summed E-state index contributed by atoms with van der Waals surface area (Å²) in [7, 11) is -3.44. The molecule has 0 bridgehead atoms. The molecule has 1 N–H and O–H groups in total. The Bertz CT molecular complexity index is 293. The molecule has 0 unspecified atom stereocenters. The highest BCUT2D eigenvalue weighted by molar-refractivity contribution is 7.87. The monoisotopic (exact) mass is 266 g/mol. The van der Waals surface area contributed by atoms with Crippen molar-refractivity contribution in [2.75, 3.05) is 26.4 Å². The van der Waals surface area contributed by atoms with E-state index >= 15 is 0 Å². The smallest absolute Gasteiger partial charge is 0.270 e. The minimum atomic E-state index is -3.44. The molecule has 0 heterocycles. The summed E-state index contributed by atoms with van der Waals surface area (Å²) in [6.07, 6.45) is 3.30. The molecule has 0 aromatic carbocycles. The molecule has 0 aromatic rings. The number of hydrogen-bond donors (Lipinski definition) is 1. The van der Waals surface area contributed by atoms with Gasteiger partial charge in [0.2, 0.25) is 0 Å². The van der Waals surface area contributed by atoms with Gasteiger partial charge in [0.15, 0.2) is 0 Å². The van der Waals surface area contributed by atoms with Crippen LogP contribution in [0.15, 0.2) is 0 Å². The van der Waals surface area contributed by atoms with Crippen LogP contribution in [0.2, 0.25) is 0 Å². The van der Waals surface area contributed by atoms with Gasteiger partial charge < -0.3 is 9.84 Å². The molecule has 1 fully saturated rings. The molecule has 0 aromatic heterocycles. The van der Waals surface area contributed by atoms with Crippen molar-refractivity contribution in [3.63, 3.8) is 0 Å². The molecule has 0 atom stereocenters. The highest BCUT2D eigenvalue weighted by atomic mass is 32.2. The number of aliphatic hydroxyl groups is 1. The maximum atomic E-state index is 11.8. The SMILES string of the molecule is CC1CCC(S(=O)(=O)OCCOCCO)CC1. The molecule has 0 radical (unpaired) electrons. The Morgan fingerprint density at radius 2 is 1.76 bits per heavy atom. The van der Waals surface area contributed by atoms with Crippen LogP contribution in [-0.2, 0) is 19.0 Å². The molecule has 1 aliphatic rings. The number of rotatable bonds is 7. The van der Waals surface area contributed by atoms with E-state index < -0.39 is 10.1 Å². The summed E-state index contributed by atoms with van der Waals surface area (Å²) in [6, 6.07) is 0. The second-order valence-electron chi connectivity index (χ2n) is 4.53. The first kappa shape index (κ1) is 14.9. The lowest BCUT2D eigenvalue weighted by Gasteiger charge is -2.25. The van der Waals surface area contributed by atoms with Gasteiger partial charge in [0.1, 0.15) is 0 Å². The molecule has 1 aliphatic carbocycles. The fourth-order valence-corrected chi connectivity index (χ4v) is 3.33. The molecule has 0 saturated heterocycles. The third-order valence-electron chi connectivity index (χ3n) is 3.08. The van der Waals surface area contributed by atoms with Crippen LogP contribution < -0.4 is 0 Å². The van der Waals surface area contributed by atoms with Gasteiger partial charge in [-0.2, -0.15) is 8.42 Å². The largest absolute Gasteiger partial charge is 0.394 e. The van der Waals surface area contributed by atoms with E-state index in [0.29, 0.717) is 18.8 Å². The molecular weight excluding hydrogens is 244 g/mol. The Morgan fingerprint density at radius 1 is 1.12 bits per heavy atom. The molecule has 6 heteroatoms. The van der Waals surface area contributed by atoms with Gasteiger partial charge in [-0.1, -0.05) is 6.92 Å². The first-order chi connectivity index (χ1) is 8.06. The highest BCUT2D eigenvalue weighted by Crippen LogP contribution is 2.28. The van der Waals surface area contributed by atoms with Gasteiger partial charge in [-0.15, -0.1) is 0 Å². The van der Waals surface area contributed by atoms with Crippen molar-refractivity contribution in [2.24, 2.45) is 5.92 Å². The molecule has 0 aliphatic heterocycles. The average Bonchev–Trinajstić information content (AvgIpc) is 2.29. The van der Waals surface area contributed by atoms with Crippen LogP contribution >= 0.6 is 0 Å². The van der Waals surface area contributed by atoms with Crippen LogP contribution in [-0.4, -0.2) is 45.2 Å². The molecular formula is C11H22O5S. The number of hydrogen-bond acceptors (Lipinski definition) is 5. The summed E-state index contributed by atoms with van der Waals surface area (Å²) in [4.78, 5) is 0. The van der Waals surface area contributed by atoms with E-state index in [1.165, 1.54) is 0 Å². The van der Waals surface area contributed by atoms with Crippen LogP contribution in [0.25, 0.3) is 0 Å². The van der Waals surface area contributed by atoms with E-state index in [4.69, 9.17) is 14.0 Å². The van der Waals surface area contributed by atoms with Crippen LogP contribution in [0.3, 0.4) is 0 Å². The summed E-state index contributed by atoms with van der Waals surface area (Å²) in [6.45, 7) is 2.53. The van der Waals surface area contributed by atoms with Gasteiger partial charge >= 0.3 is 0 Å². The van der Waals surface area contributed by atoms with E-state index in [-0.39, 0.29) is 31.7 Å². The quantitative estimate of drug-likeness (QED) is 0.548. The van der Waals surface area contributed by atoms with Crippen molar-refractivity contribution >= 4 is 10.1 Å². The standard InChI is InChI=1S/C11H22O5S/c1-10-2-4-11(5-3-10)17(13,14)16-9-8-15-7-6-12/h10-12H,2-9H2,1H3. The third-order valence-corrected chi connectivity index (χ3v) is 4.87. The molecule has 17 heavy (non-hydrogen) atoms. The maximum Gasteiger partial charge on any atom is 0.270 e. The summed E-state index contributed by atoms with van der Waals surface area (Å²) >= 11 is 0. The molecule has 5 nitrogen and oxygen atoms in total. The van der Waals surface area contributed by atoms with E-state index in [0.717, 1.165) is 12.8 Å². The molecule has 0 amide bonds. The van der Waals surface area contributed by atoms with Gasteiger partial charge in [0.05, 0.1) is 31.7 Å². The van der Waals surface area contributed by atoms with E-state index in [9.17, 15) is 8.42 Å². The zero-order chi connectivity index (χ0) is 12.7. The fourth-order valence-electron chi connectivity index (χ4n) is 1.99. The van der Waals surface area contributed by atoms with E-state index in [1.807, 2.05) is 0 Å². The van der Waals surface area contributed by atoms with Crippen molar-refractivity contribution in [1.29, 1.82) is 0 Å². The summed E-state index contributed by atoms with van der Waals surface area (Å²) in [5.41, 5.74) is 0. The Balaban J connectivity index is 2.25. The second-order valence-corrected chi connectivity index (χ2v) is 6.42. The second kappa shape index (κ2) is 7.31. The lowest BCUT2D eigenvalue weighted by atomic mass is 9.91. The minimum Gasteiger partial charge on any atom is -0.394 e. The zero-order valence-corrected chi connectivity index (χ0v) is 11.1. The normalized spacial score (nSPS) is 26.0. The maximum absolute atomic E-state index is 11.8. The van der Waals surface area contributed by atoms with Gasteiger partial charge in [0, 0.05) is 0 Å². The van der Waals surface area contributed by atoms with Crippen molar-refractivity contribution in [3.05, 3.63) is 0 Å². The molecule has 1 saturated carbocycles. The number of aliphatic hydroxyl groups excluding tert-OH is 1. The third kappa shape index (κ3) is 5.33. The Morgan fingerprint density at radius 3 is 2.35 bits per heavy atom. The Labute approximate surface area is 103 Å². The topological polar surface area (TPSA) is 72.8 Å². The first-order valence-electron chi connectivity index (χ1n) is 6.13. The van der Waals surface area contributed by atoms with Crippen LogP contribution in [0, 0.1) is 5.92 Å². The Kier molecular flexibility index (Phi) is 6.40. The van der Waals surface area contributed by atoms with Crippen molar-refractivity contribution in [3.8, 4) is 0 Å². The average molecular weight is 266 g/mol. The summed E-state index contributed by atoms with van der Waals surface area (Å²) < 4.78 is 33.5. The zero-order valence-electron chi connectivity index (χ0n) is 10.3. The molecule has 0 spiro atoms. The van der Waals surface area contributed by atoms with E-state index in [1.54, 1.807) is 0 Å². The summed E-state index contributed by atoms with van der Waals surface area (Å²) in [5.74, 6) is 0.620. The lowest BCUT2D eigenvalue weighted by Crippen LogP contribution is -2.29. The van der Waals surface area contributed by atoms with Crippen molar-refractivity contribution in [2.45, 2.75) is 37.9 Å². The van der Waals surface area contributed by atoms with Gasteiger partial charge in [-0.25, -0.2) is 0 Å². The van der Waals surface area contributed by atoms with Crippen molar-refractivity contribution in [1.82, 2.24) is 0 Å². The van der Waals surface area contributed by atoms with Gasteiger partial charge in [-0.3, -0.25) is 4.18 Å². The van der Waals surface area contributed by atoms with Crippen molar-refractivity contribution < 1.29 is 22.4 Å². The summed E-state index contributed by atoms with van der Waals surface area (Å²) in [5, 5.41) is 8.12. The highest BCUT2D eigenvalue weighted by Gasteiger charge is 2.30.